The van der Waals surface area contributed by atoms with Crippen molar-refractivity contribution in [3.8, 4) is 6.07 Å². The Hall–Kier alpha value is -1.01. The van der Waals surface area contributed by atoms with E-state index in [1.807, 2.05) is 24.3 Å². The first kappa shape index (κ1) is 13.1. The smallest absolute Gasteiger partial charge is 0.117 e. The number of para-hydroxylation sites is 1. The van der Waals surface area contributed by atoms with Crippen molar-refractivity contribution in [2.24, 2.45) is 5.92 Å². The summed E-state index contributed by atoms with van der Waals surface area (Å²) >= 11 is 3.47. The molecular weight excluding hydrogens is 264 g/mol. The third-order valence-corrected chi connectivity index (χ3v) is 3.33. The van der Waals surface area contributed by atoms with Gasteiger partial charge in [0.15, 0.2) is 0 Å². The molecule has 0 aliphatic heterocycles. The van der Waals surface area contributed by atoms with Gasteiger partial charge in [-0.15, -0.1) is 0 Å². The Labute approximate surface area is 106 Å². The van der Waals surface area contributed by atoms with Crippen LogP contribution in [0.5, 0.6) is 0 Å². The number of halogens is 1. The predicted molar refractivity (Wildman–Crippen MR) is 71.2 cm³/mol. The monoisotopic (exact) mass is 280 g/mol. The van der Waals surface area contributed by atoms with Gasteiger partial charge in [-0.2, -0.15) is 5.26 Å². The Morgan fingerprint density at radius 3 is 2.69 bits per heavy atom. The molecule has 86 valence electrons. The molecule has 0 saturated heterocycles. The second-order valence-electron chi connectivity index (χ2n) is 4.00. The fourth-order valence-corrected chi connectivity index (χ4v) is 2.07. The fourth-order valence-electron chi connectivity index (χ4n) is 1.67. The standard InChI is InChI=1S/C13H17BrN2/c1-3-6-10(2)13(9-15)16-12-8-5-4-7-11(12)14/h4-5,7-8,10,13,16H,3,6H2,1-2H3. The molecule has 0 aliphatic carbocycles. The van der Waals surface area contributed by atoms with Gasteiger partial charge in [-0.1, -0.05) is 32.4 Å². The highest BCUT2D eigenvalue weighted by Gasteiger charge is 2.16. The molecular formula is C13H17BrN2. The molecule has 0 spiro atoms. The van der Waals surface area contributed by atoms with E-state index < -0.39 is 0 Å². The van der Waals surface area contributed by atoms with E-state index in [9.17, 15) is 0 Å². The molecule has 0 aliphatic rings. The number of nitriles is 1. The first-order valence-corrected chi connectivity index (χ1v) is 6.39. The molecule has 2 nitrogen and oxygen atoms in total. The van der Waals surface area contributed by atoms with E-state index in [2.05, 4.69) is 41.2 Å². The number of benzene rings is 1. The van der Waals surface area contributed by atoms with Crippen molar-refractivity contribution in [3.63, 3.8) is 0 Å². The number of nitrogens with zero attached hydrogens (tertiary/aromatic N) is 1. The van der Waals surface area contributed by atoms with Gasteiger partial charge in [0.2, 0.25) is 0 Å². The third kappa shape index (κ3) is 3.53. The lowest BCUT2D eigenvalue weighted by Gasteiger charge is -2.20. The highest BCUT2D eigenvalue weighted by atomic mass is 79.9. The highest BCUT2D eigenvalue weighted by molar-refractivity contribution is 9.10. The first-order valence-electron chi connectivity index (χ1n) is 5.59. The van der Waals surface area contributed by atoms with E-state index in [4.69, 9.17) is 5.26 Å². The van der Waals surface area contributed by atoms with Crippen LogP contribution < -0.4 is 5.32 Å². The summed E-state index contributed by atoms with van der Waals surface area (Å²) in [5.74, 6) is 0.363. The summed E-state index contributed by atoms with van der Waals surface area (Å²) in [6.45, 7) is 4.25. The molecule has 0 aromatic heterocycles. The number of hydrogen-bond donors (Lipinski definition) is 1. The average molecular weight is 281 g/mol. The zero-order valence-corrected chi connectivity index (χ0v) is 11.3. The first-order chi connectivity index (χ1) is 7.69. The number of nitrogens with one attached hydrogen (secondary N) is 1. The Morgan fingerprint density at radius 2 is 2.12 bits per heavy atom. The van der Waals surface area contributed by atoms with Gasteiger partial charge in [0, 0.05) is 10.2 Å². The van der Waals surface area contributed by atoms with Crippen LogP contribution in [-0.4, -0.2) is 6.04 Å². The summed E-state index contributed by atoms with van der Waals surface area (Å²) in [4.78, 5) is 0. The normalized spacial score (nSPS) is 13.9. The molecule has 0 amide bonds. The maximum absolute atomic E-state index is 9.15. The Kier molecular flexibility index (Phi) is 5.34. The predicted octanol–water partition coefficient (Wildman–Crippen LogP) is 4.19. The second-order valence-corrected chi connectivity index (χ2v) is 4.85. The van der Waals surface area contributed by atoms with Crippen molar-refractivity contribution in [1.82, 2.24) is 0 Å². The minimum absolute atomic E-state index is 0.126. The fraction of sp³-hybridized carbons (Fsp3) is 0.462. The average Bonchev–Trinajstić information content (AvgIpc) is 2.28. The van der Waals surface area contributed by atoms with Crippen LogP contribution in [0.25, 0.3) is 0 Å². The van der Waals surface area contributed by atoms with Gasteiger partial charge in [-0.3, -0.25) is 0 Å². The summed E-state index contributed by atoms with van der Waals surface area (Å²) in [6, 6.07) is 10.1. The van der Waals surface area contributed by atoms with Crippen LogP contribution in [0.3, 0.4) is 0 Å². The summed E-state index contributed by atoms with van der Waals surface area (Å²) in [5, 5.41) is 12.4. The molecule has 1 aromatic carbocycles. The molecule has 2 unspecified atom stereocenters. The van der Waals surface area contributed by atoms with E-state index >= 15 is 0 Å². The second kappa shape index (κ2) is 6.55. The van der Waals surface area contributed by atoms with Gasteiger partial charge in [0.25, 0.3) is 0 Å². The Balaban J connectivity index is 2.71. The maximum Gasteiger partial charge on any atom is 0.117 e. The van der Waals surface area contributed by atoms with Crippen LogP contribution in [0.4, 0.5) is 5.69 Å². The van der Waals surface area contributed by atoms with Crippen molar-refractivity contribution in [2.45, 2.75) is 32.7 Å². The molecule has 0 heterocycles. The zero-order valence-electron chi connectivity index (χ0n) is 9.70. The van der Waals surface area contributed by atoms with Crippen LogP contribution in [0.1, 0.15) is 26.7 Å². The van der Waals surface area contributed by atoms with Crippen molar-refractivity contribution in [3.05, 3.63) is 28.7 Å². The van der Waals surface area contributed by atoms with E-state index in [0.29, 0.717) is 5.92 Å². The van der Waals surface area contributed by atoms with Crippen LogP contribution in [0, 0.1) is 17.2 Å². The summed E-state index contributed by atoms with van der Waals surface area (Å²) in [7, 11) is 0. The number of hydrogen-bond acceptors (Lipinski definition) is 2. The molecule has 2 atom stereocenters. The van der Waals surface area contributed by atoms with Gasteiger partial charge in [-0.25, -0.2) is 0 Å². The lowest BCUT2D eigenvalue weighted by atomic mass is 9.98. The minimum atomic E-state index is -0.126. The zero-order chi connectivity index (χ0) is 12.0. The molecule has 0 saturated carbocycles. The molecule has 1 N–H and O–H groups in total. The quantitative estimate of drug-likeness (QED) is 0.878. The van der Waals surface area contributed by atoms with Crippen molar-refractivity contribution >= 4 is 21.6 Å². The van der Waals surface area contributed by atoms with E-state index in [1.165, 1.54) is 0 Å². The van der Waals surface area contributed by atoms with E-state index in [-0.39, 0.29) is 6.04 Å². The van der Waals surface area contributed by atoms with E-state index in [0.717, 1.165) is 23.0 Å². The molecule has 1 rings (SSSR count). The molecule has 16 heavy (non-hydrogen) atoms. The van der Waals surface area contributed by atoms with Crippen LogP contribution in [0.15, 0.2) is 28.7 Å². The number of rotatable bonds is 5. The van der Waals surface area contributed by atoms with Crippen molar-refractivity contribution < 1.29 is 0 Å². The van der Waals surface area contributed by atoms with Gasteiger partial charge < -0.3 is 5.32 Å². The highest BCUT2D eigenvalue weighted by Crippen LogP contribution is 2.24. The lowest BCUT2D eigenvalue weighted by molar-refractivity contribution is 0.500. The van der Waals surface area contributed by atoms with Crippen LogP contribution in [0.2, 0.25) is 0 Å². The van der Waals surface area contributed by atoms with Gasteiger partial charge in [-0.05, 0) is 40.4 Å². The van der Waals surface area contributed by atoms with Crippen molar-refractivity contribution in [2.75, 3.05) is 5.32 Å². The SMILES string of the molecule is CCCC(C)C(C#N)Nc1ccccc1Br. The van der Waals surface area contributed by atoms with Crippen molar-refractivity contribution in [1.29, 1.82) is 5.26 Å². The van der Waals surface area contributed by atoms with E-state index in [1.54, 1.807) is 0 Å². The van der Waals surface area contributed by atoms with Crippen LogP contribution >= 0.6 is 15.9 Å². The maximum atomic E-state index is 9.15. The lowest BCUT2D eigenvalue weighted by Crippen LogP contribution is -2.25. The molecule has 0 radical (unpaired) electrons. The summed E-state index contributed by atoms with van der Waals surface area (Å²) in [5.41, 5.74) is 0.983. The van der Waals surface area contributed by atoms with Gasteiger partial charge in [0.05, 0.1) is 6.07 Å². The molecule has 0 bridgehead atoms. The van der Waals surface area contributed by atoms with Gasteiger partial charge in [0.1, 0.15) is 6.04 Å². The number of anilines is 1. The van der Waals surface area contributed by atoms with Crippen LogP contribution in [-0.2, 0) is 0 Å². The topological polar surface area (TPSA) is 35.8 Å². The minimum Gasteiger partial charge on any atom is -0.369 e. The Morgan fingerprint density at radius 1 is 1.44 bits per heavy atom. The molecule has 0 fully saturated rings. The summed E-state index contributed by atoms with van der Waals surface area (Å²) in [6.07, 6.45) is 2.17. The third-order valence-electron chi connectivity index (χ3n) is 2.64. The summed E-state index contributed by atoms with van der Waals surface area (Å²) < 4.78 is 0.999. The Bertz CT molecular complexity index is 370. The molecule has 1 aromatic rings. The van der Waals surface area contributed by atoms with Gasteiger partial charge >= 0.3 is 0 Å². The molecule has 3 heteroatoms. The largest absolute Gasteiger partial charge is 0.369 e.